The van der Waals surface area contributed by atoms with Gasteiger partial charge in [0.15, 0.2) is 0 Å². The molecule has 1 unspecified atom stereocenters. The Morgan fingerprint density at radius 3 is 2.83 bits per heavy atom. The van der Waals surface area contributed by atoms with E-state index >= 15 is 0 Å². The average Bonchev–Trinajstić information content (AvgIpc) is 2.01. The number of amides is 1. The summed E-state index contributed by atoms with van der Waals surface area (Å²) in [6.07, 6.45) is -1.16. The molecular formula is C7H15NO4. The lowest BCUT2D eigenvalue weighted by Crippen LogP contribution is -2.29. The molecule has 1 amide bonds. The van der Waals surface area contributed by atoms with Gasteiger partial charge < -0.3 is 19.9 Å². The average molecular weight is 177 g/mol. The zero-order valence-corrected chi connectivity index (χ0v) is 7.37. The number of alkyl carbamates (subject to hydrolysis) is 1. The summed E-state index contributed by atoms with van der Waals surface area (Å²) >= 11 is 0. The van der Waals surface area contributed by atoms with Gasteiger partial charge in [-0.3, -0.25) is 0 Å². The van der Waals surface area contributed by atoms with Gasteiger partial charge in [0.1, 0.15) is 6.61 Å². The van der Waals surface area contributed by atoms with E-state index in [9.17, 15) is 4.79 Å². The van der Waals surface area contributed by atoms with Crippen LogP contribution in [0.15, 0.2) is 0 Å². The molecule has 0 fully saturated rings. The lowest BCUT2D eigenvalue weighted by molar-refractivity contribution is 0.0766. The Hall–Kier alpha value is -0.810. The molecule has 0 aromatic carbocycles. The van der Waals surface area contributed by atoms with E-state index in [1.165, 1.54) is 0 Å². The fraction of sp³-hybridized carbons (Fsp3) is 0.857. The zero-order valence-electron chi connectivity index (χ0n) is 7.37. The van der Waals surface area contributed by atoms with Crippen molar-refractivity contribution < 1.29 is 19.4 Å². The van der Waals surface area contributed by atoms with Crippen LogP contribution in [0.4, 0.5) is 4.79 Å². The van der Waals surface area contributed by atoms with Crippen LogP contribution in [0.5, 0.6) is 0 Å². The summed E-state index contributed by atoms with van der Waals surface area (Å²) in [6, 6.07) is 0. The number of ether oxygens (including phenoxy) is 2. The van der Waals surface area contributed by atoms with Gasteiger partial charge in [-0.15, -0.1) is 0 Å². The van der Waals surface area contributed by atoms with Gasteiger partial charge in [-0.2, -0.15) is 0 Å². The second kappa shape index (κ2) is 6.87. The monoisotopic (exact) mass is 177 g/mol. The zero-order chi connectivity index (χ0) is 9.40. The van der Waals surface area contributed by atoms with Crippen molar-refractivity contribution in [3.05, 3.63) is 0 Å². The second-order valence-electron chi connectivity index (χ2n) is 2.37. The van der Waals surface area contributed by atoms with Crippen LogP contribution in [-0.2, 0) is 9.47 Å². The van der Waals surface area contributed by atoms with E-state index < -0.39 is 12.2 Å². The van der Waals surface area contributed by atoms with Crippen molar-refractivity contribution in [2.45, 2.75) is 13.0 Å². The Kier molecular flexibility index (Phi) is 6.41. The molecule has 0 aromatic heterocycles. The third-order valence-electron chi connectivity index (χ3n) is 1.03. The largest absolute Gasteiger partial charge is 0.447 e. The van der Waals surface area contributed by atoms with Gasteiger partial charge in [-0.1, -0.05) is 0 Å². The predicted octanol–water partition coefficient (Wildman–Crippen LogP) is -0.260. The minimum atomic E-state index is -0.627. The molecule has 5 nitrogen and oxygen atoms in total. The van der Waals surface area contributed by atoms with Crippen molar-refractivity contribution in [2.24, 2.45) is 0 Å². The van der Waals surface area contributed by atoms with Gasteiger partial charge in [0.2, 0.25) is 0 Å². The quantitative estimate of drug-likeness (QED) is 0.568. The van der Waals surface area contributed by atoms with Crippen LogP contribution < -0.4 is 5.32 Å². The lowest BCUT2D eigenvalue weighted by atomic mass is 10.4. The number of methoxy groups -OCH3 is 1. The minimum Gasteiger partial charge on any atom is -0.447 e. The Bertz CT molecular complexity index is 127. The maximum absolute atomic E-state index is 10.7. The normalized spacial score (nSPS) is 12.2. The van der Waals surface area contributed by atoms with Crippen LogP contribution in [0.2, 0.25) is 0 Å². The van der Waals surface area contributed by atoms with E-state index in [1.807, 2.05) is 0 Å². The molecule has 1 atom stereocenters. The molecule has 0 aliphatic carbocycles. The Balaban J connectivity index is 3.22. The van der Waals surface area contributed by atoms with Crippen LogP contribution in [0.1, 0.15) is 6.92 Å². The lowest BCUT2D eigenvalue weighted by Gasteiger charge is -2.07. The van der Waals surface area contributed by atoms with Gasteiger partial charge >= 0.3 is 6.09 Å². The summed E-state index contributed by atoms with van der Waals surface area (Å²) in [6.45, 7) is 2.42. The first-order valence-corrected chi connectivity index (χ1v) is 3.74. The highest BCUT2D eigenvalue weighted by atomic mass is 16.6. The summed E-state index contributed by atoms with van der Waals surface area (Å²) in [4.78, 5) is 10.7. The van der Waals surface area contributed by atoms with Gasteiger partial charge in [-0.05, 0) is 6.92 Å². The second-order valence-corrected chi connectivity index (χ2v) is 2.37. The number of carbonyl (C=O) groups is 1. The molecule has 0 spiro atoms. The molecule has 5 heteroatoms. The molecule has 72 valence electrons. The van der Waals surface area contributed by atoms with Crippen LogP contribution in [0.3, 0.4) is 0 Å². The van der Waals surface area contributed by atoms with Crippen LogP contribution >= 0.6 is 0 Å². The van der Waals surface area contributed by atoms with Gasteiger partial charge in [0.05, 0.1) is 12.7 Å². The number of carbonyl (C=O) groups excluding carboxylic acids is 1. The summed E-state index contributed by atoms with van der Waals surface area (Å²) in [5, 5.41) is 11.2. The van der Waals surface area contributed by atoms with E-state index in [0.29, 0.717) is 13.2 Å². The molecule has 0 saturated heterocycles. The first-order valence-electron chi connectivity index (χ1n) is 3.74. The molecule has 0 rings (SSSR count). The van der Waals surface area contributed by atoms with Crippen molar-refractivity contribution in [1.82, 2.24) is 5.32 Å². The van der Waals surface area contributed by atoms with E-state index in [2.05, 4.69) is 10.1 Å². The Morgan fingerprint density at radius 1 is 1.67 bits per heavy atom. The first kappa shape index (κ1) is 11.2. The van der Waals surface area contributed by atoms with Crippen LogP contribution in [0, 0.1) is 0 Å². The third kappa shape index (κ3) is 7.30. The molecule has 0 aliphatic heterocycles. The van der Waals surface area contributed by atoms with Gasteiger partial charge in [0.25, 0.3) is 0 Å². The fourth-order valence-electron chi connectivity index (χ4n) is 0.502. The number of rotatable bonds is 5. The number of hydrogen-bond donors (Lipinski definition) is 2. The molecule has 0 aromatic rings. The van der Waals surface area contributed by atoms with E-state index in [4.69, 9.17) is 9.84 Å². The first-order chi connectivity index (χ1) is 5.66. The van der Waals surface area contributed by atoms with E-state index in [0.717, 1.165) is 0 Å². The molecule has 2 N–H and O–H groups in total. The van der Waals surface area contributed by atoms with Crippen molar-refractivity contribution in [1.29, 1.82) is 0 Å². The van der Waals surface area contributed by atoms with Crippen LogP contribution in [-0.4, -0.2) is 44.2 Å². The molecule has 12 heavy (non-hydrogen) atoms. The molecule has 0 saturated carbocycles. The number of hydrogen-bond acceptors (Lipinski definition) is 4. The summed E-state index contributed by atoms with van der Waals surface area (Å²) < 4.78 is 9.29. The molecule has 0 radical (unpaired) electrons. The number of aliphatic hydroxyl groups excluding tert-OH is 1. The van der Waals surface area contributed by atoms with Crippen molar-refractivity contribution in [2.75, 3.05) is 26.9 Å². The van der Waals surface area contributed by atoms with E-state index in [1.54, 1.807) is 14.0 Å². The van der Waals surface area contributed by atoms with Crippen molar-refractivity contribution in [3.63, 3.8) is 0 Å². The van der Waals surface area contributed by atoms with Crippen molar-refractivity contribution in [3.8, 4) is 0 Å². The fourth-order valence-corrected chi connectivity index (χ4v) is 0.502. The number of aliphatic hydroxyl groups is 1. The molecule has 0 aliphatic rings. The smallest absolute Gasteiger partial charge is 0.407 e. The van der Waals surface area contributed by atoms with Gasteiger partial charge in [-0.25, -0.2) is 4.79 Å². The highest BCUT2D eigenvalue weighted by molar-refractivity contribution is 5.67. The van der Waals surface area contributed by atoms with E-state index in [-0.39, 0.29) is 6.61 Å². The predicted molar refractivity (Wildman–Crippen MR) is 42.9 cm³/mol. The summed E-state index contributed by atoms with van der Waals surface area (Å²) in [5.74, 6) is 0. The molecule has 0 bridgehead atoms. The molecular weight excluding hydrogens is 162 g/mol. The Morgan fingerprint density at radius 2 is 2.33 bits per heavy atom. The third-order valence-corrected chi connectivity index (χ3v) is 1.03. The van der Waals surface area contributed by atoms with Crippen molar-refractivity contribution >= 4 is 6.09 Å². The summed E-state index contributed by atoms with van der Waals surface area (Å²) in [5.41, 5.74) is 0. The molecule has 0 heterocycles. The Labute approximate surface area is 71.7 Å². The summed E-state index contributed by atoms with van der Waals surface area (Å²) in [7, 11) is 1.54. The highest BCUT2D eigenvalue weighted by Crippen LogP contribution is 1.83. The number of nitrogens with one attached hydrogen (secondary N) is 1. The standard InChI is InChI=1S/C7H15NO4/c1-6(9)5-12-7(10)8-3-4-11-2/h6,9H,3-5H2,1-2H3,(H,8,10). The minimum absolute atomic E-state index is 0.0127. The topological polar surface area (TPSA) is 67.8 Å². The highest BCUT2D eigenvalue weighted by Gasteiger charge is 2.02. The maximum atomic E-state index is 10.7. The van der Waals surface area contributed by atoms with Gasteiger partial charge in [0, 0.05) is 13.7 Å². The SMILES string of the molecule is COCCNC(=O)OCC(C)O. The van der Waals surface area contributed by atoms with Crippen LogP contribution in [0.25, 0.3) is 0 Å². The maximum Gasteiger partial charge on any atom is 0.407 e.